The summed E-state index contributed by atoms with van der Waals surface area (Å²) in [6.45, 7) is 10.1. The van der Waals surface area contributed by atoms with E-state index in [0.717, 1.165) is 11.8 Å². The molecule has 1 heteroatoms. The van der Waals surface area contributed by atoms with Crippen molar-refractivity contribution in [3.8, 4) is 11.1 Å². The lowest BCUT2D eigenvalue weighted by Gasteiger charge is -2.56. The molecule has 5 aromatic rings. The molecule has 0 saturated heterocycles. The third kappa shape index (κ3) is 3.00. The van der Waals surface area contributed by atoms with Crippen LogP contribution >= 0.6 is 0 Å². The molecular formula is C41H41N. The summed E-state index contributed by atoms with van der Waals surface area (Å²) in [4.78, 5) is 2.79. The summed E-state index contributed by atoms with van der Waals surface area (Å²) in [5.41, 5.74) is 10.3. The summed E-state index contributed by atoms with van der Waals surface area (Å²) in [6.07, 6.45) is 8.28. The highest BCUT2D eigenvalue weighted by Gasteiger charge is 2.61. The maximum atomic E-state index is 2.79. The molecule has 210 valence electrons. The van der Waals surface area contributed by atoms with Crippen LogP contribution in [0.3, 0.4) is 0 Å². The molecule has 1 heterocycles. The normalized spacial score (nSPS) is 28.7. The van der Waals surface area contributed by atoms with Gasteiger partial charge in [0, 0.05) is 22.2 Å². The maximum Gasteiger partial charge on any atom is 0.0520 e. The van der Waals surface area contributed by atoms with Gasteiger partial charge in [-0.05, 0) is 99.2 Å². The SMILES string of the molecule is CC1(C)c2cc(N3c4ccccc4C4(C)CC5CCCCC5CC34C)ccc2-c2c1ccc1c2ccc2ccccc21. The summed E-state index contributed by atoms with van der Waals surface area (Å²) in [6, 6.07) is 35.1. The molecule has 1 aliphatic heterocycles. The van der Waals surface area contributed by atoms with E-state index in [1.165, 1.54) is 93.7 Å². The number of hydrogen-bond donors (Lipinski definition) is 0. The van der Waals surface area contributed by atoms with E-state index in [4.69, 9.17) is 0 Å². The van der Waals surface area contributed by atoms with Crippen molar-refractivity contribution in [3.05, 3.63) is 108 Å². The lowest BCUT2D eigenvalue weighted by Crippen LogP contribution is -2.58. The Bertz CT molecular complexity index is 1930. The molecule has 0 N–H and O–H groups in total. The lowest BCUT2D eigenvalue weighted by atomic mass is 9.53. The van der Waals surface area contributed by atoms with Gasteiger partial charge in [-0.25, -0.2) is 0 Å². The molecule has 42 heavy (non-hydrogen) atoms. The standard InChI is InChI=1S/C41H41N/c1-39(2)35-22-21-31-30-14-8-7-11-26(30)17-19-32(31)38(35)33-20-18-29(23-36(33)39)42-37-16-10-9-15-34(37)40(3)24-27-12-5-6-13-28(27)25-41(40,42)4/h7-11,14-23,27-28H,5-6,12-13,24-25H2,1-4H3. The van der Waals surface area contributed by atoms with E-state index in [-0.39, 0.29) is 16.4 Å². The molecule has 0 amide bonds. The van der Waals surface area contributed by atoms with E-state index in [9.17, 15) is 0 Å². The second-order valence-corrected chi connectivity index (χ2v) is 14.9. The van der Waals surface area contributed by atoms with Crippen LogP contribution in [0.4, 0.5) is 11.4 Å². The smallest absolute Gasteiger partial charge is 0.0520 e. The zero-order chi connectivity index (χ0) is 28.4. The van der Waals surface area contributed by atoms with Gasteiger partial charge in [-0.15, -0.1) is 0 Å². The number of fused-ring (bicyclic) bond motifs is 11. The van der Waals surface area contributed by atoms with Gasteiger partial charge >= 0.3 is 0 Å². The first-order valence-corrected chi connectivity index (χ1v) is 16.3. The minimum absolute atomic E-state index is 0.0506. The van der Waals surface area contributed by atoms with Crippen LogP contribution in [0.5, 0.6) is 0 Å². The van der Waals surface area contributed by atoms with Gasteiger partial charge in [-0.2, -0.15) is 0 Å². The second-order valence-electron chi connectivity index (χ2n) is 14.9. The van der Waals surface area contributed by atoms with E-state index in [0.29, 0.717) is 0 Å². The molecule has 0 radical (unpaired) electrons. The number of hydrogen-bond acceptors (Lipinski definition) is 1. The zero-order valence-electron chi connectivity index (χ0n) is 25.5. The molecule has 1 nitrogen and oxygen atoms in total. The van der Waals surface area contributed by atoms with Crippen molar-refractivity contribution >= 4 is 32.9 Å². The molecule has 0 spiro atoms. The molecule has 4 aliphatic rings. The monoisotopic (exact) mass is 547 g/mol. The first-order chi connectivity index (χ1) is 20.3. The van der Waals surface area contributed by atoms with Gasteiger partial charge in [0.2, 0.25) is 0 Å². The van der Waals surface area contributed by atoms with Gasteiger partial charge in [0.15, 0.2) is 0 Å². The van der Waals surface area contributed by atoms with Gasteiger partial charge in [0.1, 0.15) is 0 Å². The highest BCUT2D eigenvalue weighted by molar-refractivity contribution is 6.14. The van der Waals surface area contributed by atoms with Gasteiger partial charge in [-0.3, -0.25) is 0 Å². The molecular weight excluding hydrogens is 506 g/mol. The third-order valence-corrected chi connectivity index (χ3v) is 12.6. The molecule has 3 aliphatic carbocycles. The largest absolute Gasteiger partial charge is 0.334 e. The van der Waals surface area contributed by atoms with Crippen molar-refractivity contribution in [1.29, 1.82) is 0 Å². The Morgan fingerprint density at radius 3 is 2.21 bits per heavy atom. The summed E-state index contributed by atoms with van der Waals surface area (Å²) in [5, 5.41) is 5.40. The second kappa shape index (κ2) is 8.28. The summed E-state index contributed by atoms with van der Waals surface area (Å²) >= 11 is 0. The predicted molar refractivity (Wildman–Crippen MR) is 178 cm³/mol. The number of nitrogens with zero attached hydrogens (tertiary/aromatic N) is 1. The van der Waals surface area contributed by atoms with E-state index >= 15 is 0 Å². The van der Waals surface area contributed by atoms with Crippen LogP contribution in [0.2, 0.25) is 0 Å². The Balaban J connectivity index is 1.23. The average Bonchev–Trinajstić information content (AvgIpc) is 3.36. The molecule has 4 atom stereocenters. The first-order valence-electron chi connectivity index (χ1n) is 16.3. The molecule has 2 saturated carbocycles. The third-order valence-electron chi connectivity index (χ3n) is 12.6. The Morgan fingerprint density at radius 1 is 0.619 bits per heavy atom. The van der Waals surface area contributed by atoms with Crippen LogP contribution in [-0.4, -0.2) is 5.54 Å². The van der Waals surface area contributed by atoms with Gasteiger partial charge in [0.25, 0.3) is 0 Å². The zero-order valence-corrected chi connectivity index (χ0v) is 25.5. The van der Waals surface area contributed by atoms with Crippen LogP contribution in [0, 0.1) is 11.8 Å². The number of anilines is 2. The average molecular weight is 548 g/mol. The Morgan fingerprint density at radius 2 is 1.36 bits per heavy atom. The fourth-order valence-corrected chi connectivity index (χ4v) is 10.3. The highest BCUT2D eigenvalue weighted by atomic mass is 15.3. The van der Waals surface area contributed by atoms with Crippen molar-refractivity contribution in [2.75, 3.05) is 4.90 Å². The fourth-order valence-electron chi connectivity index (χ4n) is 10.3. The molecule has 2 fully saturated rings. The van der Waals surface area contributed by atoms with Gasteiger partial charge < -0.3 is 4.90 Å². The maximum absolute atomic E-state index is 2.79. The van der Waals surface area contributed by atoms with E-state index in [1.807, 2.05) is 0 Å². The predicted octanol–water partition coefficient (Wildman–Crippen LogP) is 11.1. The highest BCUT2D eigenvalue weighted by Crippen LogP contribution is 2.65. The van der Waals surface area contributed by atoms with E-state index < -0.39 is 0 Å². The van der Waals surface area contributed by atoms with Gasteiger partial charge in [-0.1, -0.05) is 119 Å². The minimum atomic E-state index is -0.0506. The summed E-state index contributed by atoms with van der Waals surface area (Å²) in [5.74, 6) is 1.73. The molecule has 0 aromatic heterocycles. The van der Waals surface area contributed by atoms with E-state index in [1.54, 1.807) is 5.56 Å². The molecule has 5 aromatic carbocycles. The van der Waals surface area contributed by atoms with Crippen LogP contribution < -0.4 is 4.90 Å². The molecule has 9 rings (SSSR count). The Kier molecular flexibility index (Phi) is 4.92. The van der Waals surface area contributed by atoms with Crippen LogP contribution in [-0.2, 0) is 10.8 Å². The fraction of sp³-hybridized carbons (Fsp3) is 0.366. The Labute approximate surface area is 250 Å². The van der Waals surface area contributed by atoms with Crippen molar-refractivity contribution < 1.29 is 0 Å². The summed E-state index contributed by atoms with van der Waals surface area (Å²) < 4.78 is 0. The van der Waals surface area contributed by atoms with Crippen molar-refractivity contribution in [2.24, 2.45) is 11.8 Å². The number of para-hydroxylation sites is 1. The topological polar surface area (TPSA) is 3.24 Å². The molecule has 4 unspecified atom stereocenters. The van der Waals surface area contributed by atoms with Crippen molar-refractivity contribution in [1.82, 2.24) is 0 Å². The lowest BCUT2D eigenvalue weighted by molar-refractivity contribution is 0.0581. The van der Waals surface area contributed by atoms with Crippen molar-refractivity contribution in [3.63, 3.8) is 0 Å². The van der Waals surface area contributed by atoms with Crippen molar-refractivity contribution in [2.45, 2.75) is 82.6 Å². The number of benzene rings is 5. The summed E-state index contributed by atoms with van der Waals surface area (Å²) in [7, 11) is 0. The Hall–Kier alpha value is -3.58. The molecule has 0 bridgehead atoms. The van der Waals surface area contributed by atoms with Crippen LogP contribution in [0.15, 0.2) is 91.0 Å². The van der Waals surface area contributed by atoms with Crippen LogP contribution in [0.25, 0.3) is 32.7 Å². The minimum Gasteiger partial charge on any atom is -0.334 e. The first kappa shape index (κ1) is 25.0. The van der Waals surface area contributed by atoms with E-state index in [2.05, 4.69) is 124 Å². The number of rotatable bonds is 1. The van der Waals surface area contributed by atoms with Gasteiger partial charge in [0.05, 0.1) is 5.54 Å². The van der Waals surface area contributed by atoms with Crippen LogP contribution in [0.1, 0.15) is 82.9 Å². The quantitative estimate of drug-likeness (QED) is 0.189.